The van der Waals surface area contributed by atoms with E-state index in [2.05, 4.69) is 25.9 Å². The van der Waals surface area contributed by atoms with Gasteiger partial charge in [-0.2, -0.15) is 0 Å². The number of pyridine rings is 2. The number of nitrogens with one attached hydrogen (secondary N) is 3. The molecule has 10 nitrogen and oxygen atoms in total. The molecule has 34 heavy (non-hydrogen) atoms. The van der Waals surface area contributed by atoms with Crippen LogP contribution in [0.3, 0.4) is 0 Å². The van der Waals surface area contributed by atoms with Crippen molar-refractivity contribution in [3.05, 3.63) is 42.2 Å². The number of carbonyl (C=O) groups is 3. The van der Waals surface area contributed by atoms with Gasteiger partial charge in [0, 0.05) is 54.6 Å². The average molecular weight is 468 g/mol. The van der Waals surface area contributed by atoms with E-state index in [0.717, 1.165) is 16.2 Å². The van der Waals surface area contributed by atoms with Crippen molar-refractivity contribution in [2.45, 2.75) is 39.2 Å². The van der Waals surface area contributed by atoms with E-state index in [1.54, 1.807) is 51.4 Å². The van der Waals surface area contributed by atoms with Crippen LogP contribution >= 0.6 is 0 Å². The second-order valence-electron chi connectivity index (χ2n) is 8.73. The predicted octanol–water partition coefficient (Wildman–Crippen LogP) is 3.31. The number of alkyl carbamates (subject to hydrolysis) is 1. The van der Waals surface area contributed by atoms with Gasteiger partial charge in [-0.05, 0) is 45.4 Å². The van der Waals surface area contributed by atoms with E-state index >= 15 is 0 Å². The van der Waals surface area contributed by atoms with Crippen LogP contribution in [0.15, 0.2) is 36.7 Å². The van der Waals surface area contributed by atoms with E-state index in [9.17, 15) is 19.5 Å². The molecule has 1 aromatic carbocycles. The first-order valence-electron chi connectivity index (χ1n) is 11.0. The first-order chi connectivity index (χ1) is 16.1. The SMILES string of the molecule is CC(C)(C)OC(=O)NCCC(=O)NCCCNc1nc2cc(C(=O)O)ccc2c2cnccc12. The second kappa shape index (κ2) is 10.8. The number of anilines is 1. The third-order valence-corrected chi connectivity index (χ3v) is 4.83. The van der Waals surface area contributed by atoms with Crippen LogP contribution in [-0.4, -0.2) is 58.3 Å². The van der Waals surface area contributed by atoms with Crippen molar-refractivity contribution >= 4 is 45.5 Å². The molecule has 0 atom stereocenters. The molecule has 0 saturated heterocycles. The van der Waals surface area contributed by atoms with Crippen molar-refractivity contribution in [3.8, 4) is 0 Å². The molecular weight excluding hydrogens is 438 g/mol. The monoisotopic (exact) mass is 467 g/mol. The summed E-state index contributed by atoms with van der Waals surface area (Å²) in [4.78, 5) is 43.7. The second-order valence-corrected chi connectivity index (χ2v) is 8.73. The predicted molar refractivity (Wildman–Crippen MR) is 129 cm³/mol. The molecule has 2 amide bonds. The number of carboxylic acids is 1. The highest BCUT2D eigenvalue weighted by molar-refractivity contribution is 6.10. The van der Waals surface area contributed by atoms with Gasteiger partial charge in [0.25, 0.3) is 0 Å². The molecule has 0 bridgehead atoms. The van der Waals surface area contributed by atoms with Gasteiger partial charge in [-0.15, -0.1) is 0 Å². The molecule has 0 radical (unpaired) electrons. The normalized spacial score (nSPS) is 11.3. The quantitative estimate of drug-likeness (QED) is 0.277. The van der Waals surface area contributed by atoms with Crippen molar-refractivity contribution in [1.29, 1.82) is 0 Å². The standard InChI is InChI=1S/C24H29N5O5/c1-24(2,3)34-23(33)28-12-8-20(30)26-9-4-10-27-21-17-7-11-25-14-18(17)16-6-5-15(22(31)32)13-19(16)29-21/h5-7,11,13-14H,4,8-10,12H2,1-3H3,(H,26,30)(H,27,29)(H,28,33)(H,31,32). The molecule has 0 aliphatic rings. The summed E-state index contributed by atoms with van der Waals surface area (Å²) in [6.45, 7) is 6.51. The summed E-state index contributed by atoms with van der Waals surface area (Å²) >= 11 is 0. The highest BCUT2D eigenvalue weighted by atomic mass is 16.6. The lowest BCUT2D eigenvalue weighted by Crippen LogP contribution is -2.35. The maximum Gasteiger partial charge on any atom is 0.407 e. The zero-order valence-corrected chi connectivity index (χ0v) is 19.5. The molecule has 0 spiro atoms. The number of hydrogen-bond acceptors (Lipinski definition) is 7. The molecule has 0 saturated carbocycles. The summed E-state index contributed by atoms with van der Waals surface area (Å²) < 4.78 is 5.12. The van der Waals surface area contributed by atoms with Gasteiger partial charge in [0.15, 0.2) is 0 Å². The first-order valence-corrected chi connectivity index (χ1v) is 11.0. The van der Waals surface area contributed by atoms with E-state index in [4.69, 9.17) is 4.74 Å². The Morgan fingerprint density at radius 1 is 1.00 bits per heavy atom. The number of ether oxygens (including phenoxy) is 1. The zero-order valence-electron chi connectivity index (χ0n) is 19.5. The summed E-state index contributed by atoms with van der Waals surface area (Å²) in [5, 5.41) is 20.5. The average Bonchev–Trinajstić information content (AvgIpc) is 2.77. The van der Waals surface area contributed by atoms with Crippen LogP contribution in [0.1, 0.15) is 44.0 Å². The van der Waals surface area contributed by atoms with Crippen molar-refractivity contribution in [3.63, 3.8) is 0 Å². The van der Waals surface area contributed by atoms with Gasteiger partial charge in [-0.3, -0.25) is 9.78 Å². The Bertz CT molecular complexity index is 1210. The van der Waals surface area contributed by atoms with E-state index in [1.807, 2.05) is 6.07 Å². The summed E-state index contributed by atoms with van der Waals surface area (Å²) in [5.74, 6) is -0.556. The van der Waals surface area contributed by atoms with Gasteiger partial charge in [0.1, 0.15) is 11.4 Å². The number of aromatic carboxylic acids is 1. The molecule has 0 aliphatic heterocycles. The summed E-state index contributed by atoms with van der Waals surface area (Å²) in [7, 11) is 0. The molecular formula is C24H29N5O5. The smallest absolute Gasteiger partial charge is 0.407 e. The fourth-order valence-electron chi connectivity index (χ4n) is 3.32. The van der Waals surface area contributed by atoms with Crippen LogP contribution in [0, 0.1) is 0 Å². The van der Waals surface area contributed by atoms with Gasteiger partial charge in [0.2, 0.25) is 5.91 Å². The summed E-state index contributed by atoms with van der Waals surface area (Å²) in [6.07, 6.45) is 3.66. The molecule has 180 valence electrons. The van der Waals surface area contributed by atoms with Crippen LogP contribution in [0.2, 0.25) is 0 Å². The largest absolute Gasteiger partial charge is 0.478 e. The highest BCUT2D eigenvalue weighted by Gasteiger charge is 2.16. The maximum absolute atomic E-state index is 12.0. The van der Waals surface area contributed by atoms with E-state index < -0.39 is 17.7 Å². The number of benzene rings is 1. The van der Waals surface area contributed by atoms with Crippen LogP contribution in [0.25, 0.3) is 21.7 Å². The Balaban J connectivity index is 1.51. The molecule has 3 aromatic rings. The maximum atomic E-state index is 12.0. The number of amides is 2. The van der Waals surface area contributed by atoms with Crippen molar-refractivity contribution in [2.24, 2.45) is 0 Å². The minimum absolute atomic E-state index is 0.155. The lowest BCUT2D eigenvalue weighted by atomic mass is 10.1. The molecule has 2 aromatic heterocycles. The highest BCUT2D eigenvalue weighted by Crippen LogP contribution is 2.29. The van der Waals surface area contributed by atoms with Crippen LogP contribution in [0.5, 0.6) is 0 Å². The molecule has 0 unspecified atom stereocenters. The zero-order chi connectivity index (χ0) is 24.7. The van der Waals surface area contributed by atoms with E-state index in [0.29, 0.717) is 30.8 Å². The molecule has 10 heteroatoms. The summed E-state index contributed by atoms with van der Waals surface area (Å²) in [6, 6.07) is 6.69. The van der Waals surface area contributed by atoms with Gasteiger partial charge < -0.3 is 25.8 Å². The van der Waals surface area contributed by atoms with Crippen LogP contribution in [-0.2, 0) is 9.53 Å². The van der Waals surface area contributed by atoms with Crippen LogP contribution < -0.4 is 16.0 Å². The lowest BCUT2D eigenvalue weighted by molar-refractivity contribution is -0.120. The first kappa shape index (κ1) is 24.7. The number of carbonyl (C=O) groups excluding carboxylic acids is 2. The number of carboxylic acid groups (broad SMARTS) is 1. The summed E-state index contributed by atoms with van der Waals surface area (Å²) in [5.41, 5.74) is 0.145. The Morgan fingerprint density at radius 2 is 1.79 bits per heavy atom. The van der Waals surface area contributed by atoms with E-state index in [1.165, 1.54) is 0 Å². The molecule has 2 heterocycles. The van der Waals surface area contributed by atoms with Crippen LogP contribution in [0.4, 0.5) is 10.6 Å². The Morgan fingerprint density at radius 3 is 2.53 bits per heavy atom. The van der Waals surface area contributed by atoms with Crippen molar-refractivity contribution < 1.29 is 24.2 Å². The van der Waals surface area contributed by atoms with Gasteiger partial charge in [0.05, 0.1) is 11.1 Å². The fourth-order valence-corrected chi connectivity index (χ4v) is 3.32. The van der Waals surface area contributed by atoms with Crippen molar-refractivity contribution in [1.82, 2.24) is 20.6 Å². The number of fused-ring (bicyclic) bond motifs is 3. The minimum Gasteiger partial charge on any atom is -0.478 e. The minimum atomic E-state index is -1.01. The Kier molecular flexibility index (Phi) is 7.83. The van der Waals surface area contributed by atoms with E-state index in [-0.39, 0.29) is 24.4 Å². The lowest BCUT2D eigenvalue weighted by Gasteiger charge is -2.19. The number of aromatic nitrogens is 2. The number of nitrogens with zero attached hydrogens (tertiary/aromatic N) is 2. The molecule has 0 fully saturated rings. The third kappa shape index (κ3) is 6.77. The van der Waals surface area contributed by atoms with Gasteiger partial charge in [-0.1, -0.05) is 6.07 Å². The number of hydrogen-bond donors (Lipinski definition) is 4. The van der Waals surface area contributed by atoms with Gasteiger partial charge in [-0.25, -0.2) is 14.6 Å². The topological polar surface area (TPSA) is 143 Å². The molecule has 3 rings (SSSR count). The Hall–Kier alpha value is -3.95. The third-order valence-electron chi connectivity index (χ3n) is 4.83. The number of rotatable bonds is 9. The Labute approximate surface area is 197 Å². The molecule has 4 N–H and O–H groups in total. The molecule has 0 aliphatic carbocycles. The van der Waals surface area contributed by atoms with Gasteiger partial charge >= 0.3 is 12.1 Å². The fraction of sp³-hybridized carbons (Fsp3) is 0.375. The van der Waals surface area contributed by atoms with Crippen molar-refractivity contribution in [2.75, 3.05) is 25.0 Å².